The average Bonchev–Trinajstić information content (AvgIpc) is 3.10. The third-order valence-electron chi connectivity index (χ3n) is 6.74. The first-order valence-electron chi connectivity index (χ1n) is 12.0. The number of piperazine rings is 1. The average molecular weight is 488 g/mol. The van der Waals surface area contributed by atoms with E-state index < -0.39 is 0 Å². The van der Waals surface area contributed by atoms with Crippen molar-refractivity contribution >= 4 is 17.6 Å². The van der Waals surface area contributed by atoms with Gasteiger partial charge < -0.3 is 14.8 Å². The topological polar surface area (TPSA) is 81.4 Å². The summed E-state index contributed by atoms with van der Waals surface area (Å²) in [7, 11) is 0. The highest BCUT2D eigenvalue weighted by Gasteiger charge is 2.24. The van der Waals surface area contributed by atoms with E-state index in [2.05, 4.69) is 11.4 Å². The number of benzene rings is 2. The van der Waals surface area contributed by atoms with Gasteiger partial charge >= 0.3 is 0 Å². The third kappa shape index (κ3) is 5.81. The molecule has 0 aliphatic carbocycles. The molecule has 0 atom stereocenters. The lowest BCUT2D eigenvalue weighted by Crippen LogP contribution is -2.50. The minimum Gasteiger partial charge on any atom is -0.340 e. The maximum Gasteiger partial charge on any atom is 0.239 e. The molecule has 2 heterocycles. The number of anilines is 1. The van der Waals surface area contributed by atoms with Crippen LogP contribution in [-0.4, -0.2) is 58.9 Å². The molecular formula is C28H30FN5O2. The van der Waals surface area contributed by atoms with Gasteiger partial charge in [-0.2, -0.15) is 5.26 Å². The Hall–Kier alpha value is -3.96. The van der Waals surface area contributed by atoms with Crippen LogP contribution in [0.25, 0.3) is 0 Å². The Morgan fingerprint density at radius 3 is 2.28 bits per heavy atom. The van der Waals surface area contributed by atoms with E-state index in [9.17, 15) is 19.2 Å². The lowest BCUT2D eigenvalue weighted by Gasteiger charge is -2.34. The highest BCUT2D eigenvalue weighted by atomic mass is 19.1. The second-order valence-corrected chi connectivity index (χ2v) is 9.13. The summed E-state index contributed by atoms with van der Waals surface area (Å²) >= 11 is 0. The van der Waals surface area contributed by atoms with Crippen LogP contribution in [-0.2, 0) is 22.6 Å². The predicted octanol–water partition coefficient (Wildman–Crippen LogP) is 3.49. The van der Waals surface area contributed by atoms with E-state index in [1.165, 1.54) is 12.1 Å². The first kappa shape index (κ1) is 25.1. The van der Waals surface area contributed by atoms with E-state index >= 15 is 0 Å². The molecule has 1 aliphatic rings. The molecule has 1 saturated heterocycles. The maximum absolute atomic E-state index is 13.1. The number of aromatic nitrogens is 1. The number of nitrogens with zero attached hydrogens (tertiary/aromatic N) is 4. The molecule has 3 aromatic rings. The standard InChI is InChI=1S/C28H30FN5O2/c1-20-21(2)34(18-23-6-4-3-5-7-23)28(25(20)17-30)31-26(35)19-32-12-14-33(15-13-32)27(36)16-22-8-10-24(29)11-9-22/h3-11H,12-16,18-19H2,1-2H3,(H,31,35). The van der Waals surface area contributed by atoms with Crippen LogP contribution in [0.15, 0.2) is 54.6 Å². The molecular weight excluding hydrogens is 457 g/mol. The number of carbonyl (C=O) groups excluding carboxylic acids is 2. The van der Waals surface area contributed by atoms with Crippen molar-refractivity contribution in [3.8, 4) is 6.07 Å². The van der Waals surface area contributed by atoms with Gasteiger partial charge in [0.15, 0.2) is 0 Å². The molecule has 4 rings (SSSR count). The number of carbonyl (C=O) groups is 2. The third-order valence-corrected chi connectivity index (χ3v) is 6.74. The summed E-state index contributed by atoms with van der Waals surface area (Å²) in [5.41, 5.74) is 4.14. The fraction of sp³-hybridized carbons (Fsp3) is 0.321. The zero-order valence-electron chi connectivity index (χ0n) is 20.6. The number of amides is 2. The van der Waals surface area contributed by atoms with Crippen molar-refractivity contribution < 1.29 is 14.0 Å². The van der Waals surface area contributed by atoms with Crippen LogP contribution < -0.4 is 5.32 Å². The highest BCUT2D eigenvalue weighted by Crippen LogP contribution is 2.27. The van der Waals surface area contributed by atoms with Crippen molar-refractivity contribution in [2.24, 2.45) is 0 Å². The molecule has 1 aliphatic heterocycles. The molecule has 8 heteroatoms. The van der Waals surface area contributed by atoms with Crippen molar-refractivity contribution in [2.75, 3.05) is 38.0 Å². The zero-order chi connectivity index (χ0) is 25.7. The van der Waals surface area contributed by atoms with E-state index in [0.29, 0.717) is 44.1 Å². The molecule has 0 spiro atoms. The van der Waals surface area contributed by atoms with Gasteiger partial charge in [-0.3, -0.25) is 14.5 Å². The fourth-order valence-corrected chi connectivity index (χ4v) is 4.51. The molecule has 0 radical (unpaired) electrons. The number of halogens is 1. The largest absolute Gasteiger partial charge is 0.340 e. The Kier molecular flexibility index (Phi) is 7.81. The first-order chi connectivity index (χ1) is 17.4. The lowest BCUT2D eigenvalue weighted by atomic mass is 10.1. The zero-order valence-corrected chi connectivity index (χ0v) is 20.6. The van der Waals surface area contributed by atoms with Crippen LogP contribution in [0.5, 0.6) is 0 Å². The molecule has 0 unspecified atom stereocenters. The second-order valence-electron chi connectivity index (χ2n) is 9.13. The molecule has 2 aromatic carbocycles. The SMILES string of the molecule is Cc1c(C#N)c(NC(=O)CN2CCN(C(=O)Cc3ccc(F)cc3)CC2)n(Cc2ccccc2)c1C. The molecule has 36 heavy (non-hydrogen) atoms. The minimum atomic E-state index is -0.322. The van der Waals surface area contributed by atoms with E-state index in [4.69, 9.17) is 0 Å². The number of nitrogens with one attached hydrogen (secondary N) is 1. The smallest absolute Gasteiger partial charge is 0.239 e. The van der Waals surface area contributed by atoms with Gasteiger partial charge in [-0.05, 0) is 42.7 Å². The van der Waals surface area contributed by atoms with Crippen LogP contribution in [0.1, 0.15) is 27.9 Å². The summed E-state index contributed by atoms with van der Waals surface area (Å²) in [4.78, 5) is 29.4. The van der Waals surface area contributed by atoms with E-state index in [-0.39, 0.29) is 30.6 Å². The Bertz CT molecular complexity index is 1270. The van der Waals surface area contributed by atoms with Crippen LogP contribution in [0.3, 0.4) is 0 Å². The maximum atomic E-state index is 13.1. The number of hydrogen-bond donors (Lipinski definition) is 1. The Labute approximate surface area is 210 Å². The van der Waals surface area contributed by atoms with Gasteiger partial charge in [-0.25, -0.2) is 4.39 Å². The molecule has 1 aromatic heterocycles. The first-order valence-corrected chi connectivity index (χ1v) is 12.0. The lowest BCUT2D eigenvalue weighted by molar-refractivity contribution is -0.132. The van der Waals surface area contributed by atoms with Gasteiger partial charge in [0.25, 0.3) is 0 Å². The van der Waals surface area contributed by atoms with Gasteiger partial charge in [0, 0.05) is 38.4 Å². The van der Waals surface area contributed by atoms with E-state index in [1.807, 2.05) is 53.6 Å². The van der Waals surface area contributed by atoms with Crippen molar-refractivity contribution in [1.29, 1.82) is 5.26 Å². The summed E-state index contributed by atoms with van der Waals surface area (Å²) in [6.07, 6.45) is 0.231. The molecule has 1 fully saturated rings. The Morgan fingerprint density at radius 2 is 1.64 bits per heavy atom. The molecule has 1 N–H and O–H groups in total. The van der Waals surface area contributed by atoms with Gasteiger partial charge in [0.2, 0.25) is 11.8 Å². The molecule has 186 valence electrons. The van der Waals surface area contributed by atoms with E-state index in [0.717, 1.165) is 22.4 Å². The molecule has 0 saturated carbocycles. The Balaban J connectivity index is 1.35. The van der Waals surface area contributed by atoms with Crippen molar-refractivity contribution in [3.05, 3.63) is 88.4 Å². The normalized spacial score (nSPS) is 13.9. The van der Waals surface area contributed by atoms with Crippen molar-refractivity contribution in [1.82, 2.24) is 14.4 Å². The number of hydrogen-bond acceptors (Lipinski definition) is 4. The minimum absolute atomic E-state index is 0.00550. The van der Waals surface area contributed by atoms with Crippen LogP contribution in [0.2, 0.25) is 0 Å². The van der Waals surface area contributed by atoms with Crippen molar-refractivity contribution in [2.45, 2.75) is 26.8 Å². The fourth-order valence-electron chi connectivity index (χ4n) is 4.51. The van der Waals surface area contributed by atoms with Crippen LogP contribution >= 0.6 is 0 Å². The quantitative estimate of drug-likeness (QED) is 0.553. The summed E-state index contributed by atoms with van der Waals surface area (Å²) in [5.74, 6) is 0.00515. The van der Waals surface area contributed by atoms with Gasteiger partial charge in [-0.1, -0.05) is 42.5 Å². The van der Waals surface area contributed by atoms with Crippen LogP contribution in [0, 0.1) is 31.0 Å². The number of nitriles is 1. The molecule has 2 amide bonds. The van der Waals surface area contributed by atoms with Gasteiger partial charge in [0.1, 0.15) is 17.7 Å². The second kappa shape index (κ2) is 11.2. The van der Waals surface area contributed by atoms with Gasteiger partial charge in [-0.15, -0.1) is 0 Å². The monoisotopic (exact) mass is 487 g/mol. The summed E-state index contributed by atoms with van der Waals surface area (Å²) in [6.45, 7) is 6.80. The van der Waals surface area contributed by atoms with Gasteiger partial charge in [0.05, 0.1) is 18.5 Å². The predicted molar refractivity (Wildman–Crippen MR) is 136 cm³/mol. The summed E-state index contributed by atoms with van der Waals surface area (Å²) in [6, 6.07) is 18.1. The van der Waals surface area contributed by atoms with E-state index in [1.54, 1.807) is 17.0 Å². The van der Waals surface area contributed by atoms with Crippen molar-refractivity contribution in [3.63, 3.8) is 0 Å². The summed E-state index contributed by atoms with van der Waals surface area (Å²) in [5, 5.41) is 12.7. The summed E-state index contributed by atoms with van der Waals surface area (Å²) < 4.78 is 15.1. The van der Waals surface area contributed by atoms with Crippen LogP contribution in [0.4, 0.5) is 10.2 Å². The molecule has 7 nitrogen and oxygen atoms in total. The Morgan fingerprint density at radius 1 is 0.972 bits per heavy atom. The molecule has 0 bridgehead atoms. The number of rotatable bonds is 7. The highest BCUT2D eigenvalue weighted by molar-refractivity contribution is 5.93.